The number of rotatable bonds is 10. The lowest BCUT2D eigenvalue weighted by atomic mass is 10.0. The highest BCUT2D eigenvalue weighted by Crippen LogP contribution is 2.35. The van der Waals surface area contributed by atoms with Crippen molar-refractivity contribution in [1.29, 1.82) is 0 Å². The van der Waals surface area contributed by atoms with E-state index >= 15 is 0 Å². The van der Waals surface area contributed by atoms with E-state index in [4.69, 9.17) is 4.74 Å². The normalized spacial score (nSPS) is 16.1. The van der Waals surface area contributed by atoms with Gasteiger partial charge in [-0.15, -0.1) is 0 Å². The lowest BCUT2D eigenvalue weighted by molar-refractivity contribution is -0.128. The molecular weight excluding hydrogens is 412 g/mol. The van der Waals surface area contributed by atoms with Crippen LogP contribution in [0, 0.1) is 0 Å². The molecular formula is C27H38N4O2. The number of fused-ring (bicyclic) bond motifs is 2. The van der Waals surface area contributed by atoms with Gasteiger partial charge in [-0.1, -0.05) is 36.4 Å². The first kappa shape index (κ1) is 23.7. The van der Waals surface area contributed by atoms with Gasteiger partial charge in [0.05, 0.1) is 19.8 Å². The average molecular weight is 451 g/mol. The smallest absolute Gasteiger partial charge is 0.236 e. The van der Waals surface area contributed by atoms with Crippen molar-refractivity contribution in [2.24, 2.45) is 0 Å². The number of carbonyl (C=O) groups excluding carboxylic acids is 1. The number of anilines is 2. The van der Waals surface area contributed by atoms with Crippen molar-refractivity contribution in [1.82, 2.24) is 15.1 Å². The monoisotopic (exact) mass is 450 g/mol. The van der Waals surface area contributed by atoms with Gasteiger partial charge in [-0.05, 0) is 62.0 Å². The Kier molecular flexibility index (Phi) is 8.75. The third kappa shape index (κ3) is 6.56. The van der Waals surface area contributed by atoms with Crippen LogP contribution in [0.25, 0.3) is 0 Å². The van der Waals surface area contributed by atoms with Crippen molar-refractivity contribution in [3.63, 3.8) is 0 Å². The van der Waals surface area contributed by atoms with E-state index in [1.807, 2.05) is 11.9 Å². The van der Waals surface area contributed by atoms with Crippen molar-refractivity contribution in [2.75, 3.05) is 71.0 Å². The molecule has 1 N–H and O–H groups in total. The fraction of sp³-hybridized carbons (Fsp3) is 0.519. The Labute approximate surface area is 198 Å². The number of benzene rings is 2. The topological polar surface area (TPSA) is 48.0 Å². The molecule has 0 radical (unpaired) electrons. The number of amides is 1. The summed E-state index contributed by atoms with van der Waals surface area (Å²) in [6.07, 6.45) is 4.13. The molecule has 1 amide bonds. The second-order valence-corrected chi connectivity index (χ2v) is 9.06. The van der Waals surface area contributed by atoms with E-state index in [0.717, 1.165) is 78.2 Å². The summed E-state index contributed by atoms with van der Waals surface area (Å²) in [5.74, 6) is 0.165. The second-order valence-electron chi connectivity index (χ2n) is 9.06. The van der Waals surface area contributed by atoms with Crippen molar-refractivity contribution in [3.05, 3.63) is 59.7 Å². The molecule has 0 spiro atoms. The van der Waals surface area contributed by atoms with Crippen LogP contribution in [0.2, 0.25) is 0 Å². The fourth-order valence-electron chi connectivity index (χ4n) is 4.78. The minimum absolute atomic E-state index is 0.165. The van der Waals surface area contributed by atoms with Crippen LogP contribution < -0.4 is 10.2 Å². The molecule has 0 atom stereocenters. The van der Waals surface area contributed by atoms with Gasteiger partial charge in [0.15, 0.2) is 0 Å². The lowest BCUT2D eigenvalue weighted by Gasteiger charge is -2.28. The molecule has 1 fully saturated rings. The Morgan fingerprint density at radius 3 is 2.24 bits per heavy atom. The summed E-state index contributed by atoms with van der Waals surface area (Å²) in [4.78, 5) is 19.3. The number of likely N-dealkylation sites (N-methyl/N-ethyl adjacent to an activating group) is 1. The van der Waals surface area contributed by atoms with E-state index in [1.165, 1.54) is 22.5 Å². The van der Waals surface area contributed by atoms with Gasteiger partial charge in [0.2, 0.25) is 5.91 Å². The minimum atomic E-state index is 0.165. The molecule has 2 aliphatic heterocycles. The first-order valence-electron chi connectivity index (χ1n) is 12.4. The van der Waals surface area contributed by atoms with Gasteiger partial charge in [-0.25, -0.2) is 0 Å². The number of hydrogen-bond donors (Lipinski definition) is 1. The van der Waals surface area contributed by atoms with E-state index in [0.29, 0.717) is 6.54 Å². The maximum absolute atomic E-state index is 12.6. The van der Waals surface area contributed by atoms with Gasteiger partial charge in [0, 0.05) is 44.6 Å². The van der Waals surface area contributed by atoms with Gasteiger partial charge in [0.25, 0.3) is 0 Å². The third-order valence-corrected chi connectivity index (χ3v) is 6.74. The van der Waals surface area contributed by atoms with Crippen LogP contribution in [0.3, 0.4) is 0 Å². The Balaban J connectivity index is 1.22. The molecule has 2 aromatic rings. The van der Waals surface area contributed by atoms with Gasteiger partial charge >= 0.3 is 0 Å². The van der Waals surface area contributed by atoms with E-state index in [1.54, 1.807) is 0 Å². The standard InChI is InChI=1S/C27H38N4O2/c1-29(27(32)22-28-14-6-16-30-18-20-33-21-19-30)15-7-17-31-25-10-4-2-8-23(25)12-13-24-9-3-5-11-26(24)31/h2-5,8-11,28H,6-7,12-22H2,1H3. The SMILES string of the molecule is CN(CCCN1c2ccccc2CCc2ccccc21)C(=O)CNCCCN1CCOCC1. The minimum Gasteiger partial charge on any atom is -0.379 e. The molecule has 6 nitrogen and oxygen atoms in total. The molecule has 2 aliphatic rings. The summed E-state index contributed by atoms with van der Waals surface area (Å²) >= 11 is 0. The molecule has 0 unspecified atom stereocenters. The first-order valence-corrected chi connectivity index (χ1v) is 12.4. The number of ether oxygens (including phenoxy) is 1. The first-order chi connectivity index (χ1) is 16.2. The highest BCUT2D eigenvalue weighted by Gasteiger charge is 2.20. The van der Waals surface area contributed by atoms with Crippen molar-refractivity contribution in [2.45, 2.75) is 25.7 Å². The van der Waals surface area contributed by atoms with E-state index in [9.17, 15) is 4.79 Å². The fourth-order valence-corrected chi connectivity index (χ4v) is 4.78. The summed E-state index contributed by atoms with van der Waals surface area (Å²) in [6.45, 7) is 7.73. The Morgan fingerprint density at radius 2 is 1.58 bits per heavy atom. The zero-order valence-electron chi connectivity index (χ0n) is 20.0. The lowest BCUT2D eigenvalue weighted by Crippen LogP contribution is -2.39. The molecule has 2 aromatic carbocycles. The molecule has 178 valence electrons. The zero-order valence-corrected chi connectivity index (χ0v) is 20.0. The summed E-state index contributed by atoms with van der Waals surface area (Å²) in [5, 5.41) is 3.32. The number of aryl methyl sites for hydroxylation is 2. The third-order valence-electron chi connectivity index (χ3n) is 6.74. The number of hydrogen-bond acceptors (Lipinski definition) is 5. The number of carbonyl (C=O) groups is 1. The molecule has 33 heavy (non-hydrogen) atoms. The van der Waals surface area contributed by atoms with Gasteiger partial charge in [0.1, 0.15) is 0 Å². The predicted molar refractivity (Wildman–Crippen MR) is 134 cm³/mol. The van der Waals surface area contributed by atoms with Crippen molar-refractivity contribution < 1.29 is 9.53 Å². The largest absolute Gasteiger partial charge is 0.379 e. The van der Waals surface area contributed by atoms with Crippen LogP contribution in [-0.2, 0) is 22.4 Å². The van der Waals surface area contributed by atoms with Gasteiger partial charge < -0.3 is 19.9 Å². The van der Waals surface area contributed by atoms with Gasteiger partial charge in [-0.2, -0.15) is 0 Å². The average Bonchev–Trinajstić information content (AvgIpc) is 3.01. The molecule has 0 bridgehead atoms. The van der Waals surface area contributed by atoms with Gasteiger partial charge in [-0.3, -0.25) is 9.69 Å². The van der Waals surface area contributed by atoms with E-state index < -0.39 is 0 Å². The van der Waals surface area contributed by atoms with E-state index in [-0.39, 0.29) is 5.91 Å². The predicted octanol–water partition coefficient (Wildman–Crippen LogP) is 3.08. The summed E-state index contributed by atoms with van der Waals surface area (Å²) < 4.78 is 5.39. The molecule has 6 heteroatoms. The summed E-state index contributed by atoms with van der Waals surface area (Å²) in [6, 6.07) is 17.5. The van der Waals surface area contributed by atoms with Crippen LogP contribution >= 0.6 is 0 Å². The van der Waals surface area contributed by atoms with E-state index in [2.05, 4.69) is 63.6 Å². The molecule has 0 saturated carbocycles. The molecule has 0 aliphatic carbocycles. The molecule has 2 heterocycles. The Hall–Kier alpha value is -2.41. The molecule has 1 saturated heterocycles. The van der Waals surface area contributed by atoms with Crippen molar-refractivity contribution >= 4 is 17.3 Å². The zero-order chi connectivity index (χ0) is 22.9. The number of nitrogens with one attached hydrogen (secondary N) is 1. The molecule has 0 aromatic heterocycles. The Morgan fingerprint density at radius 1 is 0.939 bits per heavy atom. The van der Waals surface area contributed by atoms with Crippen LogP contribution in [0.1, 0.15) is 24.0 Å². The van der Waals surface area contributed by atoms with Crippen LogP contribution in [0.15, 0.2) is 48.5 Å². The maximum atomic E-state index is 12.6. The highest BCUT2D eigenvalue weighted by atomic mass is 16.5. The summed E-state index contributed by atoms with van der Waals surface area (Å²) in [5.41, 5.74) is 5.41. The second kappa shape index (κ2) is 12.2. The highest BCUT2D eigenvalue weighted by molar-refractivity contribution is 5.78. The summed E-state index contributed by atoms with van der Waals surface area (Å²) in [7, 11) is 1.92. The van der Waals surface area contributed by atoms with Crippen LogP contribution in [-0.4, -0.2) is 81.8 Å². The Bertz CT molecular complexity index is 850. The van der Waals surface area contributed by atoms with Crippen LogP contribution in [0.4, 0.5) is 11.4 Å². The van der Waals surface area contributed by atoms with Crippen molar-refractivity contribution in [3.8, 4) is 0 Å². The maximum Gasteiger partial charge on any atom is 0.236 e. The molecule has 4 rings (SSSR count). The number of para-hydroxylation sites is 2. The number of nitrogens with zero attached hydrogens (tertiary/aromatic N) is 3. The van der Waals surface area contributed by atoms with Crippen LogP contribution in [0.5, 0.6) is 0 Å². The number of morpholine rings is 1. The quantitative estimate of drug-likeness (QED) is 0.564.